The van der Waals surface area contributed by atoms with Crippen molar-refractivity contribution in [2.45, 2.75) is 31.8 Å². The van der Waals surface area contributed by atoms with Gasteiger partial charge in [-0.3, -0.25) is 24.5 Å². The quantitative estimate of drug-likeness (QED) is 0.791. The molecule has 0 bridgehead atoms. The number of rotatable bonds is 5. The molecule has 0 aromatic carbocycles. The normalized spacial score (nSPS) is 20.1. The van der Waals surface area contributed by atoms with Crippen molar-refractivity contribution in [1.29, 1.82) is 0 Å². The van der Waals surface area contributed by atoms with Crippen molar-refractivity contribution < 1.29 is 4.79 Å². The lowest BCUT2D eigenvalue weighted by molar-refractivity contribution is -0.122. The predicted molar refractivity (Wildman–Crippen MR) is 110 cm³/mol. The molecule has 1 saturated heterocycles. The molecule has 0 radical (unpaired) electrons. The van der Waals surface area contributed by atoms with E-state index >= 15 is 0 Å². The minimum atomic E-state index is -0.448. The molecule has 4 rings (SSSR count). The monoisotopic (exact) mass is 398 g/mol. The number of aliphatic imine (C=N–C) groups is 1. The Morgan fingerprint density at radius 2 is 2.07 bits per heavy atom. The molecule has 9 heteroatoms. The van der Waals surface area contributed by atoms with Gasteiger partial charge in [-0.25, -0.2) is 4.98 Å². The number of hydrogen-bond donors (Lipinski definition) is 2. The maximum atomic E-state index is 12.7. The lowest BCUT2D eigenvalue weighted by Crippen LogP contribution is -2.36. The predicted octanol–water partition coefficient (Wildman–Crippen LogP) is 1.50. The molecular formula is C19H22N6O2S. The lowest BCUT2D eigenvalue weighted by atomic mass is 10.2. The number of anilines is 1. The summed E-state index contributed by atoms with van der Waals surface area (Å²) >= 11 is 1.56. The first-order chi connectivity index (χ1) is 13.6. The van der Waals surface area contributed by atoms with Crippen molar-refractivity contribution in [2.24, 2.45) is 4.99 Å². The van der Waals surface area contributed by atoms with Gasteiger partial charge in [0.05, 0.1) is 16.8 Å². The molecule has 2 aliphatic heterocycles. The third-order valence-electron chi connectivity index (χ3n) is 4.84. The van der Waals surface area contributed by atoms with Gasteiger partial charge in [0.15, 0.2) is 0 Å². The average Bonchev–Trinajstić information content (AvgIpc) is 3.40. The lowest BCUT2D eigenvalue weighted by Gasteiger charge is -2.19. The van der Waals surface area contributed by atoms with Crippen LogP contribution in [0, 0.1) is 0 Å². The highest BCUT2D eigenvalue weighted by atomic mass is 32.2. The number of carbonyl (C=O) groups is 1. The summed E-state index contributed by atoms with van der Waals surface area (Å²) in [5.74, 6) is 1.02. The molecule has 1 fully saturated rings. The van der Waals surface area contributed by atoms with Gasteiger partial charge < -0.3 is 10.2 Å². The summed E-state index contributed by atoms with van der Waals surface area (Å²) in [7, 11) is 0. The van der Waals surface area contributed by atoms with E-state index in [9.17, 15) is 9.59 Å². The van der Waals surface area contributed by atoms with E-state index in [1.807, 2.05) is 19.1 Å². The van der Waals surface area contributed by atoms with E-state index < -0.39 is 6.04 Å². The van der Waals surface area contributed by atoms with E-state index in [4.69, 9.17) is 0 Å². The fourth-order valence-corrected chi connectivity index (χ4v) is 4.35. The highest BCUT2D eigenvalue weighted by Crippen LogP contribution is 2.24. The number of thioether (sulfide) groups is 1. The van der Waals surface area contributed by atoms with Crippen molar-refractivity contribution in [3.8, 4) is 0 Å². The third kappa shape index (κ3) is 4.09. The Morgan fingerprint density at radius 3 is 2.82 bits per heavy atom. The van der Waals surface area contributed by atoms with Crippen LogP contribution in [0.3, 0.4) is 0 Å². The first-order valence-corrected chi connectivity index (χ1v) is 10.4. The maximum Gasteiger partial charge on any atom is 0.252 e. The van der Waals surface area contributed by atoms with Gasteiger partial charge in [0.2, 0.25) is 11.9 Å². The first-order valence-electron chi connectivity index (χ1n) is 9.38. The Morgan fingerprint density at radius 1 is 1.32 bits per heavy atom. The number of nitrogens with zero attached hydrogens (tertiary/aromatic N) is 4. The SMILES string of the molecule is C[C@@H](NC(=O)[C@@H]1CSC(c2ccncc2)=N1)c1cc(=O)[nH]c(N2CCCC2)n1. The molecule has 2 aliphatic rings. The van der Waals surface area contributed by atoms with Crippen molar-refractivity contribution in [3.05, 3.63) is 52.2 Å². The molecule has 8 nitrogen and oxygen atoms in total. The highest BCUT2D eigenvalue weighted by Gasteiger charge is 2.27. The zero-order chi connectivity index (χ0) is 19.5. The Kier molecular flexibility index (Phi) is 5.43. The molecule has 2 N–H and O–H groups in total. The molecule has 0 saturated carbocycles. The third-order valence-corrected chi connectivity index (χ3v) is 5.93. The van der Waals surface area contributed by atoms with Gasteiger partial charge in [-0.15, -0.1) is 11.8 Å². The summed E-state index contributed by atoms with van der Waals surface area (Å²) in [5, 5.41) is 3.80. The number of aromatic amines is 1. The van der Waals surface area contributed by atoms with Crippen LogP contribution in [0.15, 0.2) is 40.4 Å². The number of aromatic nitrogens is 3. The number of carbonyl (C=O) groups excluding carboxylic acids is 1. The fraction of sp³-hybridized carbons (Fsp3) is 0.421. The standard InChI is InChI=1S/C19H22N6O2S/c1-12(14-10-16(26)24-19(23-14)25-8-2-3-9-25)21-17(27)15-11-28-18(22-15)13-4-6-20-7-5-13/h4-7,10,12,15H,2-3,8-9,11H2,1H3,(H,21,27)(H,23,24,26)/t12-,15+/m1/s1. The number of nitrogens with one attached hydrogen (secondary N) is 2. The van der Waals surface area contributed by atoms with Gasteiger partial charge in [0, 0.05) is 42.9 Å². The molecule has 0 spiro atoms. The molecule has 2 atom stereocenters. The minimum absolute atomic E-state index is 0.158. The Labute approximate surface area is 166 Å². The molecule has 2 aromatic rings. The molecule has 146 valence electrons. The first kappa shape index (κ1) is 18.7. The van der Waals surface area contributed by atoms with Crippen molar-refractivity contribution in [3.63, 3.8) is 0 Å². The van der Waals surface area contributed by atoms with Crippen LogP contribution in [0.2, 0.25) is 0 Å². The van der Waals surface area contributed by atoms with Gasteiger partial charge >= 0.3 is 0 Å². The van der Waals surface area contributed by atoms with E-state index in [1.165, 1.54) is 6.07 Å². The van der Waals surface area contributed by atoms with E-state index in [-0.39, 0.29) is 17.5 Å². The van der Waals surface area contributed by atoms with Gasteiger partial charge in [-0.1, -0.05) is 0 Å². The van der Waals surface area contributed by atoms with Gasteiger partial charge in [-0.2, -0.15) is 0 Å². The molecule has 0 unspecified atom stereocenters. The van der Waals surface area contributed by atoms with Crippen LogP contribution in [-0.2, 0) is 4.79 Å². The smallest absolute Gasteiger partial charge is 0.252 e. The largest absolute Gasteiger partial charge is 0.346 e. The van der Waals surface area contributed by atoms with E-state index in [0.29, 0.717) is 17.4 Å². The summed E-state index contributed by atoms with van der Waals surface area (Å²) < 4.78 is 0. The second-order valence-electron chi connectivity index (χ2n) is 6.92. The zero-order valence-corrected chi connectivity index (χ0v) is 16.4. The molecule has 28 heavy (non-hydrogen) atoms. The molecule has 0 aliphatic carbocycles. The van der Waals surface area contributed by atoms with Crippen LogP contribution in [-0.4, -0.2) is 50.8 Å². The second kappa shape index (κ2) is 8.14. The van der Waals surface area contributed by atoms with Crippen LogP contribution in [0.1, 0.15) is 37.1 Å². The highest BCUT2D eigenvalue weighted by molar-refractivity contribution is 8.14. The number of pyridine rings is 1. The maximum absolute atomic E-state index is 12.7. The summed E-state index contributed by atoms with van der Waals surface area (Å²) in [6.07, 6.45) is 5.61. The Balaban J connectivity index is 1.45. The minimum Gasteiger partial charge on any atom is -0.346 e. The summed E-state index contributed by atoms with van der Waals surface area (Å²) in [6, 6.07) is 4.39. The second-order valence-corrected chi connectivity index (χ2v) is 7.92. The van der Waals surface area contributed by atoms with Crippen LogP contribution in [0.25, 0.3) is 0 Å². The zero-order valence-electron chi connectivity index (χ0n) is 15.6. The summed E-state index contributed by atoms with van der Waals surface area (Å²) in [5.41, 5.74) is 1.32. The Bertz CT molecular complexity index is 939. The molecule has 1 amide bonds. The molecular weight excluding hydrogens is 376 g/mol. The van der Waals surface area contributed by atoms with Crippen LogP contribution < -0.4 is 15.8 Å². The van der Waals surface area contributed by atoms with Gasteiger partial charge in [-0.05, 0) is 31.9 Å². The summed E-state index contributed by atoms with van der Waals surface area (Å²) in [6.45, 7) is 3.61. The molecule has 2 aromatic heterocycles. The van der Waals surface area contributed by atoms with Crippen molar-refractivity contribution in [1.82, 2.24) is 20.3 Å². The number of H-pyrrole nitrogens is 1. The summed E-state index contributed by atoms with van der Waals surface area (Å²) in [4.78, 5) is 42.7. The van der Waals surface area contributed by atoms with E-state index in [2.05, 4.69) is 30.2 Å². The number of amides is 1. The van der Waals surface area contributed by atoms with E-state index in [1.54, 1.807) is 24.2 Å². The molecule has 4 heterocycles. The van der Waals surface area contributed by atoms with Crippen LogP contribution >= 0.6 is 11.8 Å². The number of hydrogen-bond acceptors (Lipinski definition) is 7. The van der Waals surface area contributed by atoms with Gasteiger partial charge in [0.1, 0.15) is 6.04 Å². The van der Waals surface area contributed by atoms with Crippen LogP contribution in [0.4, 0.5) is 5.95 Å². The van der Waals surface area contributed by atoms with E-state index in [0.717, 1.165) is 36.5 Å². The van der Waals surface area contributed by atoms with Crippen molar-refractivity contribution in [2.75, 3.05) is 23.7 Å². The average molecular weight is 398 g/mol. The fourth-order valence-electron chi connectivity index (χ4n) is 3.31. The van der Waals surface area contributed by atoms with Gasteiger partial charge in [0.25, 0.3) is 5.56 Å². The Hall–Kier alpha value is -2.68. The topological polar surface area (TPSA) is 103 Å². The van der Waals surface area contributed by atoms with Crippen LogP contribution in [0.5, 0.6) is 0 Å². The van der Waals surface area contributed by atoms with Crippen molar-refractivity contribution >= 4 is 28.7 Å².